The summed E-state index contributed by atoms with van der Waals surface area (Å²) >= 11 is 0. The van der Waals surface area contributed by atoms with Gasteiger partial charge in [-0.1, -0.05) is 5.16 Å². The highest BCUT2D eigenvalue weighted by Crippen LogP contribution is 2.46. The fraction of sp³-hybridized carbons (Fsp3) is 0.235. The number of nitrogens with two attached hydrogens (primary N) is 1. The van der Waals surface area contributed by atoms with Crippen molar-refractivity contribution in [2.75, 3.05) is 11.9 Å². The lowest BCUT2D eigenvalue weighted by Crippen LogP contribution is -2.40. The molecule has 11 nitrogen and oxygen atoms in total. The Balaban J connectivity index is 1.32. The quantitative estimate of drug-likeness (QED) is 0.191. The number of aliphatic hydroxyl groups is 1. The molecule has 2 aromatic carbocycles. The summed E-state index contributed by atoms with van der Waals surface area (Å²) in [6, 6.07) is 13.7. The van der Waals surface area contributed by atoms with E-state index in [1.165, 1.54) is 49.6 Å². The maximum atomic E-state index is 13.7. The number of Topliss-reactive ketones (excluding diaryl/α,β-unsaturated/α-hetero) is 1. The van der Waals surface area contributed by atoms with Crippen LogP contribution in [0.3, 0.4) is 0 Å². The highest BCUT2D eigenvalue weighted by molar-refractivity contribution is 6.10. The van der Waals surface area contributed by atoms with Crippen molar-refractivity contribution in [3.8, 4) is 17.0 Å². The predicted octanol–water partition coefficient (Wildman–Crippen LogP) is 4.99. The number of amides is 2. The fourth-order valence-corrected chi connectivity index (χ4v) is 5.43. The lowest BCUT2D eigenvalue weighted by atomic mass is 9.81. The van der Waals surface area contributed by atoms with Gasteiger partial charge in [-0.3, -0.25) is 19.4 Å². The summed E-state index contributed by atoms with van der Waals surface area (Å²) in [5, 5.41) is 18.8. The molecule has 0 spiro atoms. The van der Waals surface area contributed by atoms with Gasteiger partial charge in [0.2, 0.25) is 5.91 Å². The molecule has 234 valence electrons. The number of halogens is 1. The summed E-state index contributed by atoms with van der Waals surface area (Å²) in [4.78, 5) is 48.0. The number of hydrogen-bond donors (Lipinski definition) is 3. The lowest BCUT2D eigenvalue weighted by Gasteiger charge is -2.26. The second-order valence-electron chi connectivity index (χ2n) is 11.9. The Kier molecular flexibility index (Phi) is 7.61. The van der Waals surface area contributed by atoms with Crippen LogP contribution < -0.4 is 15.8 Å². The Morgan fingerprint density at radius 2 is 1.89 bits per heavy atom. The van der Waals surface area contributed by atoms with Gasteiger partial charge in [0.05, 0.1) is 16.9 Å². The van der Waals surface area contributed by atoms with Crippen LogP contribution in [0.5, 0.6) is 5.75 Å². The van der Waals surface area contributed by atoms with Crippen LogP contribution in [-0.2, 0) is 15.8 Å². The van der Waals surface area contributed by atoms with Gasteiger partial charge in [-0.2, -0.15) is 0 Å². The van der Waals surface area contributed by atoms with E-state index in [2.05, 4.69) is 20.4 Å². The number of fused-ring (bicyclic) bond motifs is 2. The molecule has 46 heavy (non-hydrogen) atoms. The average molecular weight is 624 g/mol. The third-order valence-electron chi connectivity index (χ3n) is 8.29. The number of aromatic nitrogens is 3. The van der Waals surface area contributed by atoms with Gasteiger partial charge in [0, 0.05) is 40.8 Å². The molecule has 4 heterocycles. The van der Waals surface area contributed by atoms with Crippen LogP contribution in [0.2, 0.25) is 0 Å². The number of pyridine rings is 2. The number of carbonyl (C=O) groups excluding carboxylic acids is 3. The molecular weight excluding hydrogens is 593 g/mol. The maximum absolute atomic E-state index is 13.7. The van der Waals surface area contributed by atoms with Crippen molar-refractivity contribution >= 4 is 34.2 Å². The number of hydrogen-bond acceptors (Lipinski definition) is 9. The molecule has 0 saturated heterocycles. The molecule has 0 unspecified atom stereocenters. The molecule has 4 N–H and O–H groups in total. The van der Waals surface area contributed by atoms with Crippen LogP contribution in [0.1, 0.15) is 64.4 Å². The minimum Gasteiger partial charge on any atom is -0.489 e. The number of anilines is 1. The summed E-state index contributed by atoms with van der Waals surface area (Å²) < 4.78 is 24.4. The second-order valence-corrected chi connectivity index (χ2v) is 11.9. The number of ether oxygens (including phenoxy) is 1. The van der Waals surface area contributed by atoms with Crippen molar-refractivity contribution in [3.63, 3.8) is 0 Å². The number of primary amides is 1. The van der Waals surface area contributed by atoms with Crippen LogP contribution in [0.15, 0.2) is 71.6 Å². The number of rotatable bonds is 9. The zero-order valence-electron chi connectivity index (χ0n) is 25.3. The first-order chi connectivity index (χ1) is 21.9. The van der Waals surface area contributed by atoms with Crippen molar-refractivity contribution in [1.29, 1.82) is 0 Å². The minimum atomic E-state index is -1.64. The first-order valence-corrected chi connectivity index (χ1v) is 14.5. The molecule has 2 atom stereocenters. The Morgan fingerprint density at radius 1 is 1.13 bits per heavy atom. The van der Waals surface area contributed by atoms with Gasteiger partial charge in [-0.05, 0) is 81.3 Å². The van der Waals surface area contributed by atoms with E-state index in [1.54, 1.807) is 25.3 Å². The Labute approximate surface area is 262 Å². The molecule has 0 radical (unpaired) electrons. The van der Waals surface area contributed by atoms with E-state index < -0.39 is 28.6 Å². The molecule has 0 aliphatic carbocycles. The molecule has 0 fully saturated rings. The topological polar surface area (TPSA) is 171 Å². The maximum Gasteiger partial charge on any atom is 0.277 e. The molecule has 5 aromatic rings. The lowest BCUT2D eigenvalue weighted by molar-refractivity contribution is -0.123. The monoisotopic (exact) mass is 623 g/mol. The van der Waals surface area contributed by atoms with Crippen molar-refractivity contribution in [1.82, 2.24) is 15.1 Å². The largest absolute Gasteiger partial charge is 0.489 e. The van der Waals surface area contributed by atoms with Gasteiger partial charge >= 0.3 is 0 Å². The van der Waals surface area contributed by atoms with Crippen LogP contribution >= 0.6 is 0 Å². The molecule has 0 bridgehead atoms. The first-order valence-electron chi connectivity index (χ1n) is 14.5. The van der Waals surface area contributed by atoms with E-state index in [9.17, 15) is 23.9 Å². The summed E-state index contributed by atoms with van der Waals surface area (Å²) in [5.74, 6) is -1.56. The van der Waals surface area contributed by atoms with Crippen LogP contribution in [0.4, 0.5) is 10.1 Å². The third-order valence-corrected chi connectivity index (χ3v) is 8.29. The van der Waals surface area contributed by atoms with Gasteiger partial charge in [0.1, 0.15) is 41.1 Å². The number of ketones is 1. The molecule has 1 aliphatic heterocycles. The molecule has 6 rings (SSSR count). The molecule has 2 amide bonds. The van der Waals surface area contributed by atoms with Crippen LogP contribution in [0.25, 0.3) is 22.2 Å². The van der Waals surface area contributed by atoms with Gasteiger partial charge in [0.15, 0.2) is 11.5 Å². The highest BCUT2D eigenvalue weighted by Gasteiger charge is 2.45. The SMILES string of the molecule is Cc1cnc2c(NC(=O)c3ccon3)cc(C(=O)CC[C@](C)(O)c3cc4c(c(-c5ccc(F)cc5)n3)OC[C@]4(C)C(N)=O)cc2c1. The predicted molar refractivity (Wildman–Crippen MR) is 166 cm³/mol. The van der Waals surface area contributed by atoms with Crippen molar-refractivity contribution < 1.29 is 33.1 Å². The normalized spacial score (nSPS) is 16.8. The second kappa shape index (κ2) is 11.5. The highest BCUT2D eigenvalue weighted by atomic mass is 19.1. The van der Waals surface area contributed by atoms with Gasteiger partial charge in [-0.25, -0.2) is 9.37 Å². The Morgan fingerprint density at radius 3 is 2.59 bits per heavy atom. The number of benzene rings is 2. The molecule has 3 aromatic heterocycles. The van der Waals surface area contributed by atoms with Crippen molar-refractivity contribution in [2.45, 2.75) is 44.6 Å². The van der Waals surface area contributed by atoms with Gasteiger partial charge in [-0.15, -0.1) is 0 Å². The van der Waals surface area contributed by atoms with E-state index in [0.29, 0.717) is 44.7 Å². The standard InChI is InChI=1S/C34H30FN5O6/c1-18-12-21-13-20(14-25(28(21)37-16-18)38-31(42)24-9-11-46-40-24)26(41)8-10-34(3,44)27-15-23-30(45-17-33(23,2)32(36)43)29(39-27)19-4-6-22(35)7-5-19/h4-7,9,11-16,44H,8,10,17H2,1-3H3,(H2,36,43)(H,38,42)/t33-,34-/m0/s1. The number of carbonyl (C=O) groups is 3. The average Bonchev–Trinajstić information content (AvgIpc) is 3.69. The summed E-state index contributed by atoms with van der Waals surface area (Å²) in [6.45, 7) is 5.01. The third kappa shape index (κ3) is 5.58. The zero-order valence-corrected chi connectivity index (χ0v) is 25.3. The summed E-state index contributed by atoms with van der Waals surface area (Å²) in [5.41, 5.74) is 6.42. The zero-order chi connectivity index (χ0) is 32.8. The number of nitrogens with zero attached hydrogens (tertiary/aromatic N) is 3. The van der Waals surface area contributed by atoms with Crippen molar-refractivity contribution in [2.24, 2.45) is 5.73 Å². The molecular formula is C34H30FN5O6. The van der Waals surface area contributed by atoms with E-state index in [0.717, 1.165) is 5.56 Å². The van der Waals surface area contributed by atoms with E-state index in [4.69, 9.17) is 15.0 Å². The van der Waals surface area contributed by atoms with Crippen LogP contribution in [0, 0.1) is 12.7 Å². The van der Waals surface area contributed by atoms with E-state index in [-0.39, 0.29) is 36.6 Å². The summed E-state index contributed by atoms with van der Waals surface area (Å²) in [7, 11) is 0. The van der Waals surface area contributed by atoms with Gasteiger partial charge < -0.3 is 25.4 Å². The Bertz CT molecular complexity index is 2010. The number of nitrogens with one attached hydrogen (secondary N) is 1. The smallest absolute Gasteiger partial charge is 0.277 e. The van der Waals surface area contributed by atoms with E-state index in [1.807, 2.05) is 13.0 Å². The van der Waals surface area contributed by atoms with E-state index >= 15 is 0 Å². The first kappa shape index (κ1) is 30.5. The molecule has 12 heteroatoms. The molecule has 0 saturated carbocycles. The summed E-state index contributed by atoms with van der Waals surface area (Å²) in [6.07, 6.45) is 2.80. The van der Waals surface area contributed by atoms with Crippen LogP contribution in [-0.4, -0.2) is 44.4 Å². The minimum absolute atomic E-state index is 0.0244. The van der Waals surface area contributed by atoms with Crippen molar-refractivity contribution in [3.05, 3.63) is 101 Å². The fourth-order valence-electron chi connectivity index (χ4n) is 5.43. The van der Waals surface area contributed by atoms with Gasteiger partial charge in [0.25, 0.3) is 5.91 Å². The molecule has 1 aliphatic rings. The Hall–Kier alpha value is -5.49. The number of aryl methyl sites for hydroxylation is 1.